The average Bonchev–Trinajstić information content (AvgIpc) is 3.01. The van der Waals surface area contributed by atoms with Crippen LogP contribution in [0.2, 0.25) is 5.02 Å². The first kappa shape index (κ1) is 31.0. The lowest BCUT2D eigenvalue weighted by atomic mass is 9.95. The highest BCUT2D eigenvalue weighted by molar-refractivity contribution is 6.31. The van der Waals surface area contributed by atoms with Crippen LogP contribution in [0.5, 0.6) is 0 Å². The molecule has 2 N–H and O–H groups in total. The number of amides is 2. The summed E-state index contributed by atoms with van der Waals surface area (Å²) in [6, 6.07) is 21.5. The number of halogens is 1. The first-order chi connectivity index (χ1) is 20.0. The van der Waals surface area contributed by atoms with Gasteiger partial charge in [0.15, 0.2) is 0 Å². The van der Waals surface area contributed by atoms with Crippen LogP contribution in [-0.4, -0.2) is 73.5 Å². The third-order valence-electron chi connectivity index (χ3n) is 8.24. The number of likely N-dealkylation sites (tertiary alicyclic amines) is 1. The molecule has 3 aromatic carbocycles. The molecule has 0 radical (unpaired) electrons. The number of carbonyl (C=O) groups excluding carboxylic acids is 2. The lowest BCUT2D eigenvalue weighted by Gasteiger charge is -2.32. The SMILES string of the molecule is CC[C@H](CN(CC)C(=O)[C@H](CCN1CCCCC1)NCCNC(=O)c1ccc2cc(Cl)ccc2c1)c1ccccc1. The molecule has 2 amide bonds. The number of carbonyl (C=O) groups is 2. The van der Waals surface area contributed by atoms with Gasteiger partial charge in [0.25, 0.3) is 5.91 Å². The van der Waals surface area contributed by atoms with Crippen molar-refractivity contribution in [3.8, 4) is 0 Å². The quantitative estimate of drug-likeness (QED) is 0.228. The van der Waals surface area contributed by atoms with Crippen molar-refractivity contribution in [3.63, 3.8) is 0 Å². The molecular formula is C34H45ClN4O2. The molecule has 6 nitrogen and oxygen atoms in total. The molecule has 1 fully saturated rings. The number of hydrogen-bond donors (Lipinski definition) is 2. The van der Waals surface area contributed by atoms with E-state index < -0.39 is 0 Å². The van der Waals surface area contributed by atoms with Crippen LogP contribution in [0.15, 0.2) is 66.7 Å². The van der Waals surface area contributed by atoms with Gasteiger partial charge in [0.1, 0.15) is 0 Å². The van der Waals surface area contributed by atoms with E-state index in [1.165, 1.54) is 24.8 Å². The smallest absolute Gasteiger partial charge is 0.251 e. The molecule has 4 rings (SSSR count). The Labute approximate surface area is 250 Å². The summed E-state index contributed by atoms with van der Waals surface area (Å²) in [6.07, 6.45) is 5.50. The van der Waals surface area contributed by atoms with Crippen molar-refractivity contribution < 1.29 is 9.59 Å². The number of nitrogens with one attached hydrogen (secondary N) is 2. The van der Waals surface area contributed by atoms with Gasteiger partial charge in [-0.1, -0.05) is 67.4 Å². The first-order valence-electron chi connectivity index (χ1n) is 15.3. The predicted molar refractivity (Wildman–Crippen MR) is 170 cm³/mol. The molecule has 3 aromatic rings. The van der Waals surface area contributed by atoms with Crippen molar-refractivity contribution in [1.82, 2.24) is 20.4 Å². The molecule has 1 heterocycles. The van der Waals surface area contributed by atoms with Crippen molar-refractivity contribution in [2.75, 3.05) is 45.8 Å². The Hall–Kier alpha value is -2.93. The fraction of sp³-hybridized carbons (Fsp3) is 0.471. The van der Waals surface area contributed by atoms with Gasteiger partial charge in [-0.05, 0) is 86.3 Å². The van der Waals surface area contributed by atoms with Crippen molar-refractivity contribution in [3.05, 3.63) is 82.9 Å². The van der Waals surface area contributed by atoms with Crippen LogP contribution in [0.1, 0.15) is 67.8 Å². The first-order valence-corrected chi connectivity index (χ1v) is 15.6. The van der Waals surface area contributed by atoms with Crippen LogP contribution in [0.4, 0.5) is 0 Å². The van der Waals surface area contributed by atoms with Gasteiger partial charge >= 0.3 is 0 Å². The fourth-order valence-electron chi connectivity index (χ4n) is 5.75. The molecule has 1 saturated heterocycles. The number of hydrogen-bond acceptors (Lipinski definition) is 4. The second-order valence-corrected chi connectivity index (χ2v) is 11.5. The third kappa shape index (κ3) is 9.03. The van der Waals surface area contributed by atoms with E-state index in [2.05, 4.69) is 53.6 Å². The minimum atomic E-state index is -0.285. The summed E-state index contributed by atoms with van der Waals surface area (Å²) in [7, 11) is 0. The van der Waals surface area contributed by atoms with Gasteiger partial charge in [0.2, 0.25) is 5.91 Å². The summed E-state index contributed by atoms with van der Waals surface area (Å²) in [5.41, 5.74) is 1.89. The van der Waals surface area contributed by atoms with Gasteiger partial charge in [-0.3, -0.25) is 9.59 Å². The van der Waals surface area contributed by atoms with Crippen LogP contribution in [0, 0.1) is 0 Å². The summed E-state index contributed by atoms with van der Waals surface area (Å²) in [5.74, 6) is 0.335. The molecule has 0 aromatic heterocycles. The Morgan fingerprint density at radius 1 is 0.927 bits per heavy atom. The lowest BCUT2D eigenvalue weighted by Crippen LogP contribution is -2.50. The highest BCUT2D eigenvalue weighted by atomic mass is 35.5. The summed E-state index contributed by atoms with van der Waals surface area (Å²) in [5, 5.41) is 9.18. The topological polar surface area (TPSA) is 64.7 Å². The molecule has 0 unspecified atom stereocenters. The number of fused-ring (bicyclic) bond motifs is 1. The van der Waals surface area contributed by atoms with E-state index in [4.69, 9.17) is 11.6 Å². The molecule has 2 atom stereocenters. The van der Waals surface area contributed by atoms with E-state index in [-0.39, 0.29) is 17.9 Å². The van der Waals surface area contributed by atoms with E-state index in [0.29, 0.717) is 42.7 Å². The second-order valence-electron chi connectivity index (χ2n) is 11.1. The van der Waals surface area contributed by atoms with Crippen LogP contribution >= 0.6 is 11.6 Å². The number of likely N-dealkylation sites (N-methyl/N-ethyl adjacent to an activating group) is 1. The van der Waals surface area contributed by atoms with Gasteiger partial charge < -0.3 is 20.4 Å². The number of benzene rings is 3. The zero-order valence-corrected chi connectivity index (χ0v) is 25.3. The second kappa shape index (κ2) is 15.9. The maximum atomic E-state index is 13.9. The Bertz CT molecular complexity index is 1260. The standard InChI is InChI=1S/C34H45ClN4O2/c1-3-26(27-11-7-5-8-12-27)25-39(4-2)34(41)32(17-22-38-20-9-6-10-21-38)36-18-19-37-33(40)30-14-13-29-24-31(35)16-15-28(29)23-30/h5,7-8,11-16,23-24,26,32,36H,3-4,6,9-10,17-22,25H2,1-2H3,(H,37,40)/t26-,32+/m1/s1. The summed E-state index contributed by atoms with van der Waals surface area (Å²) in [6.45, 7) is 9.73. The van der Waals surface area contributed by atoms with Crippen LogP contribution in [0.25, 0.3) is 10.8 Å². The zero-order chi connectivity index (χ0) is 29.0. The van der Waals surface area contributed by atoms with Crippen LogP contribution in [0.3, 0.4) is 0 Å². The molecule has 1 aliphatic rings. The summed E-state index contributed by atoms with van der Waals surface area (Å²) >= 11 is 6.09. The van der Waals surface area contributed by atoms with Crippen molar-refractivity contribution in [2.45, 2.75) is 57.9 Å². The Kier molecular flexibility index (Phi) is 12.0. The Balaban J connectivity index is 1.36. The molecular weight excluding hydrogens is 532 g/mol. The maximum Gasteiger partial charge on any atom is 0.251 e. The monoisotopic (exact) mass is 576 g/mol. The normalized spacial score (nSPS) is 15.4. The molecule has 7 heteroatoms. The van der Waals surface area contributed by atoms with E-state index in [1.54, 1.807) is 0 Å². The maximum absolute atomic E-state index is 13.9. The highest BCUT2D eigenvalue weighted by Crippen LogP contribution is 2.22. The Morgan fingerprint density at radius 3 is 2.39 bits per heavy atom. The van der Waals surface area contributed by atoms with Gasteiger partial charge in [-0.2, -0.15) is 0 Å². The number of piperidine rings is 1. The highest BCUT2D eigenvalue weighted by Gasteiger charge is 2.26. The van der Waals surface area contributed by atoms with E-state index in [1.807, 2.05) is 47.4 Å². The molecule has 0 bridgehead atoms. The van der Waals surface area contributed by atoms with Gasteiger partial charge in [0, 0.05) is 49.2 Å². The van der Waals surface area contributed by atoms with Crippen molar-refractivity contribution in [1.29, 1.82) is 0 Å². The lowest BCUT2D eigenvalue weighted by molar-refractivity contribution is -0.133. The number of nitrogens with zero attached hydrogens (tertiary/aromatic N) is 2. The molecule has 1 aliphatic heterocycles. The predicted octanol–water partition coefficient (Wildman–Crippen LogP) is 6.10. The molecule has 0 spiro atoms. The minimum Gasteiger partial charge on any atom is -0.351 e. The molecule has 41 heavy (non-hydrogen) atoms. The van der Waals surface area contributed by atoms with Crippen LogP contribution in [-0.2, 0) is 4.79 Å². The molecule has 0 saturated carbocycles. The van der Waals surface area contributed by atoms with Gasteiger partial charge in [-0.25, -0.2) is 0 Å². The van der Waals surface area contributed by atoms with E-state index in [0.717, 1.165) is 43.2 Å². The van der Waals surface area contributed by atoms with Gasteiger partial charge in [-0.15, -0.1) is 0 Å². The average molecular weight is 577 g/mol. The van der Waals surface area contributed by atoms with E-state index >= 15 is 0 Å². The Morgan fingerprint density at radius 2 is 1.66 bits per heavy atom. The summed E-state index contributed by atoms with van der Waals surface area (Å²) < 4.78 is 0. The summed E-state index contributed by atoms with van der Waals surface area (Å²) in [4.78, 5) is 31.2. The molecule has 220 valence electrons. The largest absolute Gasteiger partial charge is 0.351 e. The van der Waals surface area contributed by atoms with Crippen molar-refractivity contribution >= 4 is 34.2 Å². The van der Waals surface area contributed by atoms with Gasteiger partial charge in [0.05, 0.1) is 6.04 Å². The van der Waals surface area contributed by atoms with E-state index in [9.17, 15) is 9.59 Å². The van der Waals surface area contributed by atoms with Crippen molar-refractivity contribution in [2.24, 2.45) is 0 Å². The minimum absolute atomic E-state index is 0.122. The van der Waals surface area contributed by atoms with Crippen LogP contribution < -0.4 is 10.6 Å². The fourth-order valence-corrected chi connectivity index (χ4v) is 5.93. The number of rotatable bonds is 14. The third-order valence-corrected chi connectivity index (χ3v) is 8.48. The zero-order valence-electron chi connectivity index (χ0n) is 24.6. The molecule has 0 aliphatic carbocycles.